The van der Waals surface area contributed by atoms with Crippen LogP contribution in [0.5, 0.6) is 5.75 Å². The fourth-order valence-corrected chi connectivity index (χ4v) is 6.31. The number of rotatable bonds is 9. The number of carbonyl (C=O) groups is 1. The average Bonchev–Trinajstić information content (AvgIpc) is 3.35. The average molecular weight is 692 g/mol. The van der Waals surface area contributed by atoms with Crippen LogP contribution in [0, 0.1) is 34.7 Å². The fourth-order valence-electron chi connectivity index (χ4n) is 6.31. The summed E-state index contributed by atoms with van der Waals surface area (Å²) in [6, 6.07) is 11.1. The lowest BCUT2D eigenvalue weighted by Gasteiger charge is -2.28. The van der Waals surface area contributed by atoms with Gasteiger partial charge in [-0.15, -0.1) is 0 Å². The van der Waals surface area contributed by atoms with E-state index in [1.807, 2.05) is 10.6 Å². The van der Waals surface area contributed by atoms with E-state index in [1.165, 1.54) is 24.3 Å². The molecule has 46 heavy (non-hydrogen) atoms. The summed E-state index contributed by atoms with van der Waals surface area (Å²) < 4.78 is 56.9. The number of nitrogens with zero attached hydrogens (tertiary/aromatic N) is 5. The highest BCUT2D eigenvalue weighted by Gasteiger charge is 2.61. The molecule has 2 aliphatic heterocycles. The van der Waals surface area contributed by atoms with Gasteiger partial charge < -0.3 is 19.1 Å². The lowest BCUT2D eigenvalue weighted by atomic mass is 10.0. The van der Waals surface area contributed by atoms with Crippen LogP contribution in [-0.2, 0) is 29.8 Å². The molecule has 0 amide bonds. The molecule has 3 aliphatic rings. The standard InChI is InChI=1S/C31H26F3N5O4.3H2S/c32-21-2-4-27(36-24(21)15-43-26-3-1-17(11-35)7-22(26)33)31-10-19(31)12-38(16-31)14-28-37-29-23(34)8-18(30(40)41)9-25(29)39(28)13-20-5-6-42-20;;;/h1-4,7-9,19-20H,5-6,10,12-16H2,(H,40,41);3*1H2/t19-,20+,31-;;;/m1.../s1. The Morgan fingerprint density at radius 1 is 1.09 bits per heavy atom. The minimum Gasteiger partial charge on any atom is -0.484 e. The zero-order valence-corrected chi connectivity index (χ0v) is 27.4. The van der Waals surface area contributed by atoms with Gasteiger partial charge in [0.2, 0.25) is 0 Å². The van der Waals surface area contributed by atoms with Crippen LogP contribution >= 0.6 is 40.5 Å². The largest absolute Gasteiger partial charge is 0.484 e. The van der Waals surface area contributed by atoms with Crippen molar-refractivity contribution in [3.63, 3.8) is 0 Å². The number of pyridine rings is 1. The number of halogens is 3. The first-order valence-corrected chi connectivity index (χ1v) is 14.0. The highest BCUT2D eigenvalue weighted by atomic mass is 32.1. The number of hydrogen-bond donors (Lipinski definition) is 1. The Morgan fingerprint density at radius 2 is 1.87 bits per heavy atom. The summed E-state index contributed by atoms with van der Waals surface area (Å²) >= 11 is 0. The van der Waals surface area contributed by atoms with Gasteiger partial charge in [0.1, 0.15) is 29.5 Å². The second-order valence-electron chi connectivity index (χ2n) is 11.4. The highest BCUT2D eigenvalue weighted by Crippen LogP contribution is 2.58. The Balaban J connectivity index is 0.00000160. The van der Waals surface area contributed by atoms with Crippen LogP contribution in [0.25, 0.3) is 11.0 Å². The van der Waals surface area contributed by atoms with Crippen molar-refractivity contribution in [1.82, 2.24) is 19.4 Å². The van der Waals surface area contributed by atoms with Crippen molar-refractivity contribution >= 4 is 57.5 Å². The smallest absolute Gasteiger partial charge is 0.335 e. The maximum atomic E-state index is 14.9. The van der Waals surface area contributed by atoms with Gasteiger partial charge in [-0.1, -0.05) is 0 Å². The molecule has 2 aromatic heterocycles. The fraction of sp³-hybridized carbons (Fsp3) is 0.355. The van der Waals surface area contributed by atoms with Gasteiger partial charge in [0.05, 0.1) is 41.9 Å². The molecule has 0 bridgehead atoms. The van der Waals surface area contributed by atoms with E-state index in [0.717, 1.165) is 37.2 Å². The first-order chi connectivity index (χ1) is 20.7. The summed E-state index contributed by atoms with van der Waals surface area (Å²) in [5.41, 5.74) is 1.08. The van der Waals surface area contributed by atoms with Gasteiger partial charge in [0, 0.05) is 30.8 Å². The molecule has 15 heteroatoms. The Labute approximate surface area is 283 Å². The van der Waals surface area contributed by atoms with Gasteiger partial charge in [0.25, 0.3) is 0 Å². The molecule has 2 saturated heterocycles. The lowest BCUT2D eigenvalue weighted by molar-refractivity contribution is -0.0591. The molecule has 1 N–H and O–H groups in total. The molecule has 0 spiro atoms. The van der Waals surface area contributed by atoms with Crippen molar-refractivity contribution in [2.75, 3.05) is 19.7 Å². The second kappa shape index (κ2) is 13.7. The minimum absolute atomic E-state index is 0. The van der Waals surface area contributed by atoms with E-state index in [1.54, 1.807) is 6.07 Å². The topological polar surface area (TPSA) is 114 Å². The van der Waals surface area contributed by atoms with E-state index in [2.05, 4.69) is 14.9 Å². The van der Waals surface area contributed by atoms with Crippen molar-refractivity contribution in [3.05, 3.63) is 88.3 Å². The van der Waals surface area contributed by atoms with E-state index in [0.29, 0.717) is 43.5 Å². The van der Waals surface area contributed by atoms with E-state index >= 15 is 0 Å². The predicted molar refractivity (Wildman–Crippen MR) is 177 cm³/mol. The van der Waals surface area contributed by atoms with Gasteiger partial charge >= 0.3 is 5.97 Å². The Hall–Kier alpha value is -3.42. The predicted octanol–water partition coefficient (Wildman–Crippen LogP) is 4.90. The van der Waals surface area contributed by atoms with Gasteiger partial charge in [-0.2, -0.15) is 45.7 Å². The first-order valence-electron chi connectivity index (χ1n) is 14.0. The number of benzene rings is 2. The second-order valence-corrected chi connectivity index (χ2v) is 11.4. The molecule has 9 nitrogen and oxygen atoms in total. The van der Waals surface area contributed by atoms with E-state index in [9.17, 15) is 23.1 Å². The summed E-state index contributed by atoms with van der Waals surface area (Å²) in [6.45, 7) is 2.61. The van der Waals surface area contributed by atoms with Crippen molar-refractivity contribution in [1.29, 1.82) is 5.26 Å². The molecule has 3 fully saturated rings. The highest BCUT2D eigenvalue weighted by molar-refractivity contribution is 7.59. The number of aromatic nitrogens is 3. The number of imidazole rings is 1. The molecular formula is C31H32F3N5O4S3. The molecule has 1 saturated carbocycles. The molecule has 7 rings (SSSR count). The molecule has 0 unspecified atom stereocenters. The van der Waals surface area contributed by atoms with Crippen LogP contribution in [-0.4, -0.2) is 56.3 Å². The quantitative estimate of drug-likeness (QED) is 0.264. The molecule has 4 aromatic rings. The maximum absolute atomic E-state index is 14.9. The van der Waals surface area contributed by atoms with Crippen LogP contribution in [0.15, 0.2) is 42.5 Å². The van der Waals surface area contributed by atoms with Crippen LogP contribution in [0.2, 0.25) is 0 Å². The van der Waals surface area contributed by atoms with E-state index < -0.39 is 23.4 Å². The van der Waals surface area contributed by atoms with Gasteiger partial charge in [0.15, 0.2) is 17.4 Å². The summed E-state index contributed by atoms with van der Waals surface area (Å²) in [4.78, 5) is 23.0. The first kappa shape index (κ1) is 35.4. The Bertz CT molecular complexity index is 1830. The van der Waals surface area contributed by atoms with Crippen molar-refractivity contribution in [3.8, 4) is 11.8 Å². The SMILES string of the molecule is N#Cc1ccc(OCc2nc([C@@]34C[C@@H]3CN(Cc3nc5c(F)cc(C(=O)O)cc5n3C[C@@H]3CCO3)C4)ccc2F)c(F)c1.S.S.S. The summed E-state index contributed by atoms with van der Waals surface area (Å²) in [7, 11) is 0. The molecule has 1 aliphatic carbocycles. The van der Waals surface area contributed by atoms with Crippen LogP contribution in [0.3, 0.4) is 0 Å². The minimum atomic E-state index is -1.21. The number of carboxylic acids is 1. The number of ether oxygens (including phenoxy) is 2. The van der Waals surface area contributed by atoms with E-state index in [4.69, 9.17) is 14.7 Å². The number of piperidine rings is 1. The number of fused-ring (bicyclic) bond motifs is 2. The monoisotopic (exact) mass is 691 g/mol. The summed E-state index contributed by atoms with van der Waals surface area (Å²) in [5, 5.41) is 18.4. The number of likely N-dealkylation sites (tertiary alicyclic amines) is 1. The number of nitriles is 1. The van der Waals surface area contributed by atoms with Crippen LogP contribution in [0.4, 0.5) is 13.2 Å². The van der Waals surface area contributed by atoms with Gasteiger partial charge in [-0.05, 0) is 61.2 Å². The van der Waals surface area contributed by atoms with Gasteiger partial charge in [-0.3, -0.25) is 9.88 Å². The summed E-state index contributed by atoms with van der Waals surface area (Å²) in [5.74, 6) is -2.35. The maximum Gasteiger partial charge on any atom is 0.335 e. The zero-order chi connectivity index (χ0) is 29.9. The zero-order valence-electron chi connectivity index (χ0n) is 24.4. The van der Waals surface area contributed by atoms with Crippen LogP contribution in [0.1, 0.15) is 46.0 Å². The molecule has 0 radical (unpaired) electrons. The molecule has 4 heterocycles. The van der Waals surface area contributed by atoms with Gasteiger partial charge in [-0.25, -0.2) is 22.9 Å². The van der Waals surface area contributed by atoms with Crippen molar-refractivity contribution < 1.29 is 32.5 Å². The van der Waals surface area contributed by atoms with Crippen LogP contribution < -0.4 is 4.74 Å². The lowest BCUT2D eigenvalue weighted by Crippen LogP contribution is -2.33. The molecule has 2 aromatic carbocycles. The van der Waals surface area contributed by atoms with Crippen molar-refractivity contribution in [2.24, 2.45) is 5.92 Å². The molecular weight excluding hydrogens is 660 g/mol. The third kappa shape index (κ3) is 6.41. The Kier molecular flexibility index (Phi) is 10.6. The molecule has 3 atom stereocenters. The third-order valence-electron chi connectivity index (χ3n) is 8.75. The third-order valence-corrected chi connectivity index (χ3v) is 8.75. The van der Waals surface area contributed by atoms with E-state index in [-0.39, 0.29) is 86.7 Å². The Morgan fingerprint density at radius 3 is 2.54 bits per heavy atom. The number of hydrogen-bond acceptors (Lipinski definition) is 7. The normalized spacial score (nSPS) is 21.2. The summed E-state index contributed by atoms with van der Waals surface area (Å²) in [6.07, 6.45) is 1.69. The number of aromatic carboxylic acids is 1. The number of carboxylic acid groups (broad SMARTS) is 1. The van der Waals surface area contributed by atoms with Crippen molar-refractivity contribution in [2.45, 2.75) is 44.1 Å². The molecule has 244 valence electrons.